The molecule has 4 nitrogen and oxygen atoms in total. The molecule has 0 saturated carbocycles. The second-order valence-electron chi connectivity index (χ2n) is 5.02. The molecule has 2 N–H and O–H groups in total. The topological polar surface area (TPSA) is 35.5 Å². The molecular weight excluding hydrogens is 200 g/mol. The molecule has 0 atom stereocenters. The van der Waals surface area contributed by atoms with Gasteiger partial charge in [0, 0.05) is 39.3 Å². The summed E-state index contributed by atoms with van der Waals surface area (Å²) in [5.74, 6) is 0. The molecule has 2 heterocycles. The summed E-state index contributed by atoms with van der Waals surface area (Å²) in [4.78, 5) is 7.67. The van der Waals surface area contributed by atoms with Crippen molar-refractivity contribution in [2.45, 2.75) is 12.8 Å². The van der Waals surface area contributed by atoms with Crippen LogP contribution in [-0.2, 0) is 0 Å². The van der Waals surface area contributed by atoms with E-state index in [2.05, 4.69) is 14.7 Å². The maximum absolute atomic E-state index is 5.53. The number of nitrogens with zero attached hydrogens (tertiary/aromatic N) is 3. The number of hydrogen-bond donors (Lipinski definition) is 1. The normalized spacial score (nSPS) is 23.8. The molecule has 2 aliphatic rings. The number of nitrogens with two attached hydrogens (primary N) is 1. The Morgan fingerprint density at radius 2 is 1.00 bits per heavy atom. The number of rotatable bonds is 7. The molecule has 0 spiro atoms. The molecule has 0 unspecified atom stereocenters. The molecule has 2 fully saturated rings. The molecule has 2 saturated heterocycles. The zero-order chi connectivity index (χ0) is 11.2. The molecule has 0 aromatic carbocycles. The monoisotopic (exact) mass is 226 g/mol. The Morgan fingerprint density at radius 1 is 0.625 bits per heavy atom. The van der Waals surface area contributed by atoms with Gasteiger partial charge in [-0.25, -0.2) is 0 Å². The van der Waals surface area contributed by atoms with E-state index >= 15 is 0 Å². The summed E-state index contributed by atoms with van der Waals surface area (Å²) in [5, 5.41) is 0. The average Bonchev–Trinajstić information content (AvgIpc) is 3.12. The third-order valence-electron chi connectivity index (χ3n) is 3.63. The van der Waals surface area contributed by atoms with E-state index < -0.39 is 0 Å². The molecule has 0 aromatic heterocycles. The number of piperazine rings is 1. The minimum Gasteiger partial charge on any atom is -0.330 e. The molecule has 2 aliphatic heterocycles. The van der Waals surface area contributed by atoms with E-state index in [9.17, 15) is 0 Å². The Hall–Kier alpha value is -0.160. The van der Waals surface area contributed by atoms with Gasteiger partial charge in [0.05, 0.1) is 0 Å². The Labute approximate surface area is 99.4 Å². The Kier molecular flexibility index (Phi) is 5.03. The van der Waals surface area contributed by atoms with Crippen LogP contribution in [0.1, 0.15) is 12.8 Å². The first kappa shape index (κ1) is 12.3. The van der Waals surface area contributed by atoms with Crippen molar-refractivity contribution in [3.8, 4) is 0 Å². The van der Waals surface area contributed by atoms with E-state index in [1.54, 1.807) is 0 Å². The van der Waals surface area contributed by atoms with Crippen LogP contribution < -0.4 is 5.73 Å². The zero-order valence-electron chi connectivity index (χ0n) is 10.4. The predicted molar refractivity (Wildman–Crippen MR) is 67.6 cm³/mol. The summed E-state index contributed by atoms with van der Waals surface area (Å²) in [7, 11) is 0. The highest BCUT2D eigenvalue weighted by atomic mass is 15.3. The first-order valence-corrected chi connectivity index (χ1v) is 6.75. The van der Waals surface area contributed by atoms with Crippen LogP contribution in [0.15, 0.2) is 0 Å². The second-order valence-corrected chi connectivity index (χ2v) is 5.02. The van der Waals surface area contributed by atoms with Crippen molar-refractivity contribution in [2.75, 3.05) is 65.4 Å². The van der Waals surface area contributed by atoms with Crippen molar-refractivity contribution in [1.82, 2.24) is 14.7 Å². The van der Waals surface area contributed by atoms with Gasteiger partial charge in [-0.1, -0.05) is 0 Å². The minimum absolute atomic E-state index is 0.829. The van der Waals surface area contributed by atoms with Crippen molar-refractivity contribution in [2.24, 2.45) is 5.73 Å². The van der Waals surface area contributed by atoms with E-state index in [0.717, 1.165) is 13.0 Å². The van der Waals surface area contributed by atoms with Gasteiger partial charge in [0.25, 0.3) is 0 Å². The van der Waals surface area contributed by atoms with Crippen molar-refractivity contribution in [1.29, 1.82) is 0 Å². The fraction of sp³-hybridized carbons (Fsp3) is 1.00. The molecular formula is C12H26N4. The lowest BCUT2D eigenvalue weighted by molar-refractivity contribution is 0.130. The van der Waals surface area contributed by atoms with Gasteiger partial charge < -0.3 is 20.4 Å². The van der Waals surface area contributed by atoms with E-state index in [1.807, 2.05) is 0 Å². The predicted octanol–water partition coefficient (Wildman–Crippen LogP) is -0.341. The van der Waals surface area contributed by atoms with Crippen molar-refractivity contribution < 1.29 is 0 Å². The van der Waals surface area contributed by atoms with Gasteiger partial charge in [-0.2, -0.15) is 0 Å². The first-order chi connectivity index (χ1) is 7.88. The van der Waals surface area contributed by atoms with Crippen LogP contribution in [0.25, 0.3) is 0 Å². The SMILES string of the molecule is NCCCN1CCN(CCCN2CC2)CC1. The third-order valence-corrected chi connectivity index (χ3v) is 3.63. The molecule has 4 heteroatoms. The van der Waals surface area contributed by atoms with Crippen LogP contribution in [0.2, 0.25) is 0 Å². The summed E-state index contributed by atoms with van der Waals surface area (Å²) in [6.07, 6.45) is 2.50. The second kappa shape index (κ2) is 6.55. The Morgan fingerprint density at radius 3 is 1.38 bits per heavy atom. The summed E-state index contributed by atoms with van der Waals surface area (Å²) in [6.45, 7) is 12.3. The van der Waals surface area contributed by atoms with Crippen LogP contribution in [0.4, 0.5) is 0 Å². The first-order valence-electron chi connectivity index (χ1n) is 6.75. The average molecular weight is 226 g/mol. The van der Waals surface area contributed by atoms with Crippen LogP contribution >= 0.6 is 0 Å². The lowest BCUT2D eigenvalue weighted by Crippen LogP contribution is -2.47. The third kappa shape index (κ3) is 4.37. The van der Waals surface area contributed by atoms with Crippen LogP contribution in [0.5, 0.6) is 0 Å². The highest BCUT2D eigenvalue weighted by molar-refractivity contribution is 4.75. The highest BCUT2D eigenvalue weighted by Gasteiger charge is 2.18. The molecule has 94 valence electrons. The lowest BCUT2D eigenvalue weighted by atomic mass is 10.2. The summed E-state index contributed by atoms with van der Waals surface area (Å²) < 4.78 is 0. The van der Waals surface area contributed by atoms with Crippen LogP contribution in [0, 0.1) is 0 Å². The molecule has 2 rings (SSSR count). The Balaban J connectivity index is 1.50. The fourth-order valence-electron chi connectivity index (χ4n) is 2.36. The smallest absolute Gasteiger partial charge is 0.0110 e. The quantitative estimate of drug-likeness (QED) is 0.602. The van der Waals surface area contributed by atoms with Gasteiger partial charge in [0.2, 0.25) is 0 Å². The van der Waals surface area contributed by atoms with Crippen molar-refractivity contribution in [3.63, 3.8) is 0 Å². The van der Waals surface area contributed by atoms with Crippen LogP contribution in [-0.4, -0.2) is 80.1 Å². The van der Waals surface area contributed by atoms with Crippen molar-refractivity contribution in [3.05, 3.63) is 0 Å². The lowest BCUT2D eigenvalue weighted by Gasteiger charge is -2.34. The molecule has 0 aromatic rings. The highest BCUT2D eigenvalue weighted by Crippen LogP contribution is 2.06. The Bertz CT molecular complexity index is 185. The maximum Gasteiger partial charge on any atom is 0.0110 e. The number of hydrogen-bond acceptors (Lipinski definition) is 4. The van der Waals surface area contributed by atoms with E-state index in [4.69, 9.17) is 5.73 Å². The van der Waals surface area contributed by atoms with E-state index in [0.29, 0.717) is 0 Å². The van der Waals surface area contributed by atoms with Gasteiger partial charge in [-0.15, -0.1) is 0 Å². The summed E-state index contributed by atoms with van der Waals surface area (Å²) in [6, 6.07) is 0. The van der Waals surface area contributed by atoms with Gasteiger partial charge >= 0.3 is 0 Å². The maximum atomic E-state index is 5.53. The standard InChI is InChI=1S/C12H26N4/c13-3-1-4-14-7-9-15(10-8-14)5-2-6-16-11-12-16/h1-13H2. The summed E-state index contributed by atoms with van der Waals surface area (Å²) >= 11 is 0. The van der Waals surface area contributed by atoms with Gasteiger partial charge in [-0.05, 0) is 39.0 Å². The molecule has 0 aliphatic carbocycles. The molecule has 0 radical (unpaired) electrons. The largest absolute Gasteiger partial charge is 0.330 e. The van der Waals surface area contributed by atoms with E-state index in [-0.39, 0.29) is 0 Å². The van der Waals surface area contributed by atoms with Crippen molar-refractivity contribution >= 4 is 0 Å². The minimum atomic E-state index is 0.829. The molecule has 0 bridgehead atoms. The fourth-order valence-corrected chi connectivity index (χ4v) is 2.36. The van der Waals surface area contributed by atoms with E-state index in [1.165, 1.54) is 65.3 Å². The van der Waals surface area contributed by atoms with Gasteiger partial charge in [-0.3, -0.25) is 0 Å². The zero-order valence-corrected chi connectivity index (χ0v) is 10.4. The van der Waals surface area contributed by atoms with Gasteiger partial charge in [0.1, 0.15) is 0 Å². The molecule has 16 heavy (non-hydrogen) atoms. The van der Waals surface area contributed by atoms with Gasteiger partial charge in [0.15, 0.2) is 0 Å². The van der Waals surface area contributed by atoms with Crippen LogP contribution in [0.3, 0.4) is 0 Å². The molecule has 0 amide bonds. The summed E-state index contributed by atoms with van der Waals surface area (Å²) in [5.41, 5.74) is 5.53.